The Morgan fingerprint density at radius 1 is 0.857 bits per heavy atom. The van der Waals surface area contributed by atoms with Gasteiger partial charge in [0.1, 0.15) is 0 Å². The highest BCUT2D eigenvalue weighted by atomic mass is 14.8. The molecular formula is C24H18N4. The molecule has 0 fully saturated rings. The summed E-state index contributed by atoms with van der Waals surface area (Å²) in [4.78, 5) is 13.4. The van der Waals surface area contributed by atoms with Gasteiger partial charge in [0, 0.05) is 36.3 Å². The summed E-state index contributed by atoms with van der Waals surface area (Å²) < 4.78 is 0. The zero-order valence-corrected chi connectivity index (χ0v) is 15.7. The van der Waals surface area contributed by atoms with Crippen LogP contribution in [0, 0.1) is 11.3 Å². The Morgan fingerprint density at radius 2 is 1.54 bits per heavy atom. The molecular weight excluding hydrogens is 344 g/mol. The van der Waals surface area contributed by atoms with E-state index in [9.17, 15) is 5.26 Å². The number of aliphatic imine (C=N–C) groups is 1. The fourth-order valence-corrected chi connectivity index (χ4v) is 3.24. The number of aromatic nitrogens is 2. The summed E-state index contributed by atoms with van der Waals surface area (Å²) in [6.45, 7) is 2.01. The molecule has 0 bridgehead atoms. The maximum absolute atomic E-state index is 9.20. The van der Waals surface area contributed by atoms with Crippen LogP contribution in [0.5, 0.6) is 0 Å². The number of hydrogen-bond acceptors (Lipinski definition) is 4. The molecule has 1 aromatic heterocycles. The Morgan fingerprint density at radius 3 is 2.25 bits per heavy atom. The number of rotatable bonds is 3. The molecule has 0 aliphatic heterocycles. The third-order valence-corrected chi connectivity index (χ3v) is 4.83. The first-order valence-corrected chi connectivity index (χ1v) is 8.99. The average Bonchev–Trinajstić information content (AvgIpc) is 2.77. The molecule has 4 aromatic rings. The molecule has 0 spiro atoms. The molecule has 134 valence electrons. The van der Waals surface area contributed by atoms with Crippen molar-refractivity contribution in [3.63, 3.8) is 0 Å². The molecule has 0 aliphatic carbocycles. The molecule has 0 radical (unpaired) electrons. The molecule has 0 amide bonds. The van der Waals surface area contributed by atoms with E-state index in [1.165, 1.54) is 0 Å². The van der Waals surface area contributed by atoms with E-state index >= 15 is 0 Å². The van der Waals surface area contributed by atoms with Gasteiger partial charge in [0.25, 0.3) is 0 Å². The first-order chi connectivity index (χ1) is 13.7. The van der Waals surface area contributed by atoms with E-state index in [-0.39, 0.29) is 0 Å². The van der Waals surface area contributed by atoms with Gasteiger partial charge in [-0.2, -0.15) is 5.26 Å². The van der Waals surface area contributed by atoms with Gasteiger partial charge in [0.2, 0.25) is 0 Å². The van der Waals surface area contributed by atoms with Crippen molar-refractivity contribution in [2.75, 3.05) is 7.05 Å². The summed E-state index contributed by atoms with van der Waals surface area (Å²) in [6, 6.07) is 22.3. The molecule has 0 atom stereocenters. The molecule has 1 heterocycles. The van der Waals surface area contributed by atoms with Crippen LogP contribution in [0.15, 0.2) is 78.0 Å². The predicted octanol–water partition coefficient (Wildman–Crippen LogP) is 5.27. The number of benzene rings is 3. The van der Waals surface area contributed by atoms with E-state index in [1.807, 2.05) is 25.1 Å². The third kappa shape index (κ3) is 3.26. The lowest BCUT2D eigenvalue weighted by atomic mass is 9.98. The largest absolute Gasteiger partial charge is 0.293 e. The maximum atomic E-state index is 9.20. The smallest absolute Gasteiger partial charge is 0.0991 e. The highest BCUT2D eigenvalue weighted by molar-refractivity contribution is 6.02. The topological polar surface area (TPSA) is 61.9 Å². The quantitative estimate of drug-likeness (QED) is 0.466. The summed E-state index contributed by atoms with van der Waals surface area (Å²) in [5.74, 6) is 0. The molecule has 28 heavy (non-hydrogen) atoms. The van der Waals surface area contributed by atoms with Crippen LogP contribution in [-0.4, -0.2) is 22.7 Å². The number of nitrogens with zero attached hydrogens (tertiary/aromatic N) is 4. The normalized spacial score (nSPS) is 11.4. The van der Waals surface area contributed by atoms with Crippen molar-refractivity contribution in [2.45, 2.75) is 6.92 Å². The molecule has 0 N–H and O–H groups in total. The highest BCUT2D eigenvalue weighted by Gasteiger charge is 2.11. The predicted molar refractivity (Wildman–Crippen MR) is 113 cm³/mol. The monoisotopic (exact) mass is 362 g/mol. The standard InChI is InChI=1S/C24H18N4/c1-16(26-2)18-6-7-20-14-22(9-8-19(20)13-18)24-23(27-10-11-28-24)21-5-3-4-17(12-21)15-25/h3-14H,1-2H3. The highest BCUT2D eigenvalue weighted by Crippen LogP contribution is 2.31. The summed E-state index contributed by atoms with van der Waals surface area (Å²) in [5.41, 5.74) is 6.18. The first-order valence-electron chi connectivity index (χ1n) is 8.99. The van der Waals surface area contributed by atoms with Gasteiger partial charge in [-0.15, -0.1) is 0 Å². The Hall–Kier alpha value is -3.84. The van der Waals surface area contributed by atoms with E-state index < -0.39 is 0 Å². The number of nitriles is 1. The fraction of sp³-hybridized carbons (Fsp3) is 0.0833. The lowest BCUT2D eigenvalue weighted by molar-refractivity contribution is 1.21. The van der Waals surface area contributed by atoms with Crippen molar-refractivity contribution in [1.29, 1.82) is 5.26 Å². The van der Waals surface area contributed by atoms with Gasteiger partial charge >= 0.3 is 0 Å². The summed E-state index contributed by atoms with van der Waals surface area (Å²) in [5, 5.41) is 11.5. The lowest BCUT2D eigenvalue weighted by Crippen LogP contribution is -1.95. The average molecular weight is 362 g/mol. The van der Waals surface area contributed by atoms with Crippen LogP contribution in [0.25, 0.3) is 33.3 Å². The molecule has 4 nitrogen and oxygen atoms in total. The summed E-state index contributed by atoms with van der Waals surface area (Å²) >= 11 is 0. The van der Waals surface area contributed by atoms with Crippen molar-refractivity contribution in [3.05, 3.63) is 84.2 Å². The van der Waals surface area contributed by atoms with Gasteiger partial charge in [0.05, 0.1) is 23.0 Å². The van der Waals surface area contributed by atoms with Gasteiger partial charge in [-0.1, -0.05) is 36.4 Å². The molecule has 0 saturated carbocycles. The SMILES string of the molecule is CN=C(C)c1ccc2cc(-c3nccnc3-c3cccc(C#N)c3)ccc2c1. The van der Waals surface area contributed by atoms with Crippen LogP contribution in [0.1, 0.15) is 18.1 Å². The zero-order chi connectivity index (χ0) is 19.5. The number of hydrogen-bond donors (Lipinski definition) is 0. The van der Waals surface area contributed by atoms with E-state index in [1.54, 1.807) is 25.5 Å². The zero-order valence-electron chi connectivity index (χ0n) is 15.7. The van der Waals surface area contributed by atoms with Crippen LogP contribution in [0.2, 0.25) is 0 Å². The van der Waals surface area contributed by atoms with Gasteiger partial charge < -0.3 is 0 Å². The second-order valence-electron chi connectivity index (χ2n) is 6.53. The van der Waals surface area contributed by atoms with Crippen molar-refractivity contribution in [2.24, 2.45) is 4.99 Å². The Labute approximate surface area is 163 Å². The molecule has 0 saturated heterocycles. The Bertz CT molecular complexity index is 1250. The second-order valence-corrected chi connectivity index (χ2v) is 6.53. The Kier molecular flexibility index (Phi) is 4.65. The van der Waals surface area contributed by atoms with E-state index in [4.69, 9.17) is 0 Å². The summed E-state index contributed by atoms with van der Waals surface area (Å²) in [6.07, 6.45) is 3.37. The molecule has 0 aliphatic rings. The van der Waals surface area contributed by atoms with Gasteiger partial charge in [-0.25, -0.2) is 0 Å². The van der Waals surface area contributed by atoms with Crippen molar-refractivity contribution in [1.82, 2.24) is 9.97 Å². The van der Waals surface area contributed by atoms with E-state index in [2.05, 4.69) is 57.4 Å². The van der Waals surface area contributed by atoms with Crippen LogP contribution in [-0.2, 0) is 0 Å². The van der Waals surface area contributed by atoms with Crippen LogP contribution < -0.4 is 0 Å². The molecule has 0 unspecified atom stereocenters. The van der Waals surface area contributed by atoms with Gasteiger partial charge in [0.15, 0.2) is 0 Å². The van der Waals surface area contributed by atoms with Gasteiger partial charge in [-0.3, -0.25) is 15.0 Å². The van der Waals surface area contributed by atoms with Gasteiger partial charge in [-0.05, 0) is 47.5 Å². The minimum Gasteiger partial charge on any atom is -0.293 e. The molecule has 4 heteroatoms. The van der Waals surface area contributed by atoms with Crippen molar-refractivity contribution in [3.8, 4) is 28.6 Å². The minimum absolute atomic E-state index is 0.605. The molecule has 4 rings (SSSR count). The first kappa shape index (κ1) is 17.6. The third-order valence-electron chi connectivity index (χ3n) is 4.83. The van der Waals surface area contributed by atoms with Crippen LogP contribution in [0.3, 0.4) is 0 Å². The Balaban J connectivity index is 1.83. The lowest BCUT2D eigenvalue weighted by Gasteiger charge is -2.10. The van der Waals surface area contributed by atoms with E-state index in [0.29, 0.717) is 5.56 Å². The summed E-state index contributed by atoms with van der Waals surface area (Å²) in [7, 11) is 1.81. The van der Waals surface area contributed by atoms with Crippen LogP contribution >= 0.6 is 0 Å². The minimum atomic E-state index is 0.605. The van der Waals surface area contributed by atoms with E-state index in [0.717, 1.165) is 44.6 Å². The maximum Gasteiger partial charge on any atom is 0.0991 e. The second kappa shape index (κ2) is 7.42. The van der Waals surface area contributed by atoms with Crippen molar-refractivity contribution < 1.29 is 0 Å². The molecule has 3 aromatic carbocycles. The number of fused-ring (bicyclic) bond motifs is 1. The van der Waals surface area contributed by atoms with Crippen LogP contribution in [0.4, 0.5) is 0 Å². The fourth-order valence-electron chi connectivity index (χ4n) is 3.24. The van der Waals surface area contributed by atoms with Crippen molar-refractivity contribution >= 4 is 16.5 Å².